The van der Waals surface area contributed by atoms with Gasteiger partial charge in [0.1, 0.15) is 23.2 Å². The second-order valence-corrected chi connectivity index (χ2v) is 13.4. The smallest absolute Gasteiger partial charge is 0.303 e. The first-order valence-corrected chi connectivity index (χ1v) is 15.4. The number of halogens is 1. The van der Waals surface area contributed by atoms with E-state index in [1.54, 1.807) is 12.1 Å². The van der Waals surface area contributed by atoms with Gasteiger partial charge < -0.3 is 21.7 Å². The molecule has 5 aromatic rings. The van der Waals surface area contributed by atoms with Crippen LogP contribution < -0.4 is 32.9 Å². The van der Waals surface area contributed by atoms with E-state index in [1.165, 1.54) is 22.8 Å². The van der Waals surface area contributed by atoms with Crippen LogP contribution in [-0.2, 0) is 15.1 Å². The van der Waals surface area contributed by atoms with Crippen molar-refractivity contribution in [2.24, 2.45) is 0 Å². The highest BCUT2D eigenvalue weighted by molar-refractivity contribution is 7.95. The minimum Gasteiger partial charge on any atom is -1.00 e. The summed E-state index contributed by atoms with van der Waals surface area (Å²) in [4.78, 5) is 27.2. The molecule has 0 spiro atoms. The molecule has 0 aliphatic heterocycles. The second-order valence-electron chi connectivity index (χ2n) is 9.77. The summed E-state index contributed by atoms with van der Waals surface area (Å²) in [5.74, 6) is -0.710. The predicted octanol–water partition coefficient (Wildman–Crippen LogP) is 3.72. The Bertz CT molecular complexity index is 1450. The second kappa shape index (κ2) is 13.7. The number of hydrogen-bond acceptors (Lipinski definition) is 3. The lowest BCUT2D eigenvalue weighted by Gasteiger charge is -2.35. The number of Topliss-reactive ketones (excluding diaryl/α,β-unsaturated/α-hetero) is 1. The van der Waals surface area contributed by atoms with Crippen molar-refractivity contribution in [3.8, 4) is 0 Å². The van der Waals surface area contributed by atoms with Crippen LogP contribution in [0.25, 0.3) is 0 Å². The first-order chi connectivity index (χ1) is 19.6. The minimum atomic E-state index is -2.29. The van der Waals surface area contributed by atoms with E-state index in [4.69, 9.17) is 4.74 Å². The van der Waals surface area contributed by atoms with Gasteiger partial charge in [0.25, 0.3) is 0 Å². The van der Waals surface area contributed by atoms with Gasteiger partial charge in [0.15, 0.2) is 0 Å². The van der Waals surface area contributed by atoms with Gasteiger partial charge in [-0.3, -0.25) is 9.59 Å². The maximum absolute atomic E-state index is 14.5. The van der Waals surface area contributed by atoms with Crippen molar-refractivity contribution in [1.82, 2.24) is 0 Å². The third-order valence-corrected chi connectivity index (χ3v) is 11.8. The highest BCUT2D eigenvalue weighted by atomic mass is 79.9. The first-order valence-electron chi connectivity index (χ1n) is 13.5. The van der Waals surface area contributed by atoms with E-state index in [0.29, 0.717) is 23.7 Å². The maximum Gasteiger partial charge on any atom is 0.303 e. The highest BCUT2D eigenvalue weighted by Crippen LogP contribution is 2.57. The summed E-state index contributed by atoms with van der Waals surface area (Å²) in [5, 5.41) is 3.64. The Balaban J connectivity index is 0.00000387. The predicted molar refractivity (Wildman–Crippen MR) is 165 cm³/mol. The highest BCUT2D eigenvalue weighted by Gasteiger charge is 2.51. The summed E-state index contributed by atoms with van der Waals surface area (Å²) in [6.45, 7) is 1.38. The van der Waals surface area contributed by atoms with Gasteiger partial charge >= 0.3 is 5.97 Å². The molecule has 0 aliphatic rings. The van der Waals surface area contributed by atoms with Crippen molar-refractivity contribution in [3.05, 3.63) is 163 Å². The fourth-order valence-corrected chi connectivity index (χ4v) is 9.89. The van der Waals surface area contributed by atoms with Crippen molar-refractivity contribution < 1.29 is 31.3 Å². The van der Waals surface area contributed by atoms with E-state index in [2.05, 4.69) is 72.8 Å². The average molecular weight is 624 g/mol. The van der Waals surface area contributed by atoms with Crippen LogP contribution in [0, 0.1) is 0 Å². The van der Waals surface area contributed by atoms with Crippen molar-refractivity contribution in [2.45, 2.75) is 18.9 Å². The normalized spacial score (nSPS) is 12.4. The van der Waals surface area contributed by atoms with Gasteiger partial charge in [-0.1, -0.05) is 115 Å². The maximum atomic E-state index is 14.5. The van der Waals surface area contributed by atoms with Crippen LogP contribution in [0.3, 0.4) is 0 Å². The fourth-order valence-electron chi connectivity index (χ4n) is 5.53. The third-order valence-electron chi connectivity index (χ3n) is 7.35. The molecule has 0 heterocycles. The number of ketones is 1. The number of carbonyl (C=O) groups is 2. The van der Waals surface area contributed by atoms with Crippen molar-refractivity contribution >= 4 is 34.9 Å². The first kappa shape index (κ1) is 30.1. The zero-order valence-electron chi connectivity index (χ0n) is 22.9. The molecular formula is C36H32BrO3P. The monoisotopic (exact) mass is 622 g/mol. The Kier molecular flexibility index (Phi) is 10.0. The Labute approximate surface area is 253 Å². The molecule has 0 fully saturated rings. The van der Waals surface area contributed by atoms with E-state index in [9.17, 15) is 9.59 Å². The summed E-state index contributed by atoms with van der Waals surface area (Å²) in [5.41, 5.74) is -0.306. The summed E-state index contributed by atoms with van der Waals surface area (Å²) in [6.07, 6.45) is 0.933. The quantitative estimate of drug-likeness (QED) is 0.136. The lowest BCUT2D eigenvalue weighted by Crippen LogP contribution is -3.00. The van der Waals surface area contributed by atoms with Crippen LogP contribution in [0.5, 0.6) is 0 Å². The SMILES string of the molecule is CC(=O)OC(CC[P+](c1ccccc1)(c1ccccc1)c1ccccc1)(C(=O)c1ccccc1)c1ccccc1.[Br-]. The molecule has 41 heavy (non-hydrogen) atoms. The lowest BCUT2D eigenvalue weighted by molar-refractivity contribution is -0.153. The third kappa shape index (κ3) is 6.25. The molecule has 0 aromatic heterocycles. The van der Waals surface area contributed by atoms with Gasteiger partial charge in [-0.15, -0.1) is 0 Å². The Morgan fingerprint density at radius 1 is 0.585 bits per heavy atom. The number of esters is 1. The van der Waals surface area contributed by atoms with E-state index in [-0.39, 0.29) is 22.8 Å². The molecule has 206 valence electrons. The van der Waals surface area contributed by atoms with E-state index < -0.39 is 18.8 Å². The molecule has 0 aliphatic carbocycles. The Hall–Kier alpha value is -3.85. The number of benzene rings is 5. The van der Waals surface area contributed by atoms with Gasteiger partial charge in [-0.05, 0) is 36.4 Å². The van der Waals surface area contributed by atoms with Crippen molar-refractivity contribution in [3.63, 3.8) is 0 Å². The number of ether oxygens (including phenoxy) is 1. The summed E-state index contributed by atoms with van der Waals surface area (Å²) in [7, 11) is -2.29. The van der Waals surface area contributed by atoms with Gasteiger partial charge in [-0.25, -0.2) is 0 Å². The van der Waals surface area contributed by atoms with Gasteiger partial charge in [0.2, 0.25) is 11.4 Å². The van der Waals surface area contributed by atoms with Crippen LogP contribution in [-0.4, -0.2) is 17.9 Å². The van der Waals surface area contributed by atoms with E-state index in [0.717, 1.165) is 0 Å². The molecule has 5 rings (SSSR count). The summed E-state index contributed by atoms with van der Waals surface area (Å²) in [6, 6.07) is 50.2. The minimum absolute atomic E-state index is 0. The number of carbonyl (C=O) groups excluding carboxylic acids is 2. The molecule has 5 aromatic carbocycles. The number of rotatable bonds is 10. The molecule has 0 saturated heterocycles. The standard InChI is InChI=1S/C36H32O3P.BrH/c1-29(37)39-36(31-19-9-3-10-20-31,35(38)30-17-7-2-8-18-30)27-28-40(32-21-11-4-12-22-32,33-23-13-5-14-24-33)34-25-15-6-16-26-34;/h2-26H,27-28H2,1H3;1H/q+1;/p-1. The molecule has 0 N–H and O–H groups in total. The number of hydrogen-bond donors (Lipinski definition) is 0. The molecule has 0 radical (unpaired) electrons. The van der Waals surface area contributed by atoms with Crippen molar-refractivity contribution in [1.29, 1.82) is 0 Å². The Morgan fingerprint density at radius 2 is 0.951 bits per heavy atom. The zero-order chi connectivity index (χ0) is 27.8. The molecule has 0 saturated carbocycles. The summed E-state index contributed by atoms with van der Waals surface area (Å²) >= 11 is 0. The lowest BCUT2D eigenvalue weighted by atomic mass is 9.83. The molecule has 1 unspecified atom stereocenters. The molecule has 5 heteroatoms. The van der Waals surface area contributed by atoms with Gasteiger partial charge in [-0.2, -0.15) is 0 Å². The zero-order valence-corrected chi connectivity index (χ0v) is 25.4. The van der Waals surface area contributed by atoms with E-state index >= 15 is 0 Å². The van der Waals surface area contributed by atoms with Crippen LogP contribution >= 0.6 is 7.26 Å². The van der Waals surface area contributed by atoms with Gasteiger partial charge in [0.05, 0.1) is 6.16 Å². The molecule has 1 atom stereocenters. The van der Waals surface area contributed by atoms with Crippen LogP contribution in [0.15, 0.2) is 152 Å². The summed E-state index contributed by atoms with van der Waals surface area (Å²) < 4.78 is 6.17. The molecule has 3 nitrogen and oxygen atoms in total. The van der Waals surface area contributed by atoms with E-state index in [1.807, 2.05) is 66.7 Å². The molecule has 0 amide bonds. The molecule has 0 bridgehead atoms. The molecular weight excluding hydrogens is 591 g/mol. The van der Waals surface area contributed by atoms with Gasteiger partial charge in [0, 0.05) is 24.5 Å². The topological polar surface area (TPSA) is 43.4 Å². The van der Waals surface area contributed by atoms with Crippen LogP contribution in [0.2, 0.25) is 0 Å². The fraction of sp³-hybridized carbons (Fsp3) is 0.111. The largest absolute Gasteiger partial charge is 1.00 e. The average Bonchev–Trinajstić information content (AvgIpc) is 3.02. The van der Waals surface area contributed by atoms with Crippen molar-refractivity contribution in [2.75, 3.05) is 6.16 Å². The Morgan fingerprint density at radius 3 is 1.34 bits per heavy atom. The van der Waals surface area contributed by atoms with Crippen LogP contribution in [0.1, 0.15) is 29.3 Å². The van der Waals surface area contributed by atoms with Crippen LogP contribution in [0.4, 0.5) is 0 Å².